The van der Waals surface area contributed by atoms with Crippen LogP contribution in [0.15, 0.2) is 45.7 Å². The highest BCUT2D eigenvalue weighted by Gasteiger charge is 2.15. The Morgan fingerprint density at radius 3 is 2.56 bits per heavy atom. The Morgan fingerprint density at radius 2 is 1.92 bits per heavy atom. The van der Waals surface area contributed by atoms with Crippen LogP contribution in [0, 0.1) is 32.0 Å². The number of nitrogens with zero attached hydrogens (tertiary/aromatic N) is 2. The Bertz CT molecular complexity index is 1160. The normalized spacial score (nSPS) is 12.5. The standard InChI is InChI=1S/C18H15FN2O2S2/c1-4-9-21-16-11-12(2)10-13(3)17(16)24-18(21)20-25(22,23)15-7-5-14(19)6-8-15/h1,5-8,10-11H,9H2,2-3H3. The number of terminal acetylenes is 1. The van der Waals surface area contributed by atoms with E-state index in [-0.39, 0.29) is 11.4 Å². The first-order chi connectivity index (χ1) is 11.8. The Labute approximate surface area is 149 Å². The number of thiazole rings is 1. The van der Waals surface area contributed by atoms with Gasteiger partial charge in [0, 0.05) is 0 Å². The summed E-state index contributed by atoms with van der Waals surface area (Å²) in [5, 5.41) is 0. The molecule has 3 aromatic rings. The summed E-state index contributed by atoms with van der Waals surface area (Å²) in [6.45, 7) is 4.14. The van der Waals surface area contributed by atoms with Crippen molar-refractivity contribution in [3.05, 3.63) is 58.1 Å². The van der Waals surface area contributed by atoms with E-state index >= 15 is 0 Å². The van der Waals surface area contributed by atoms with E-state index in [1.54, 1.807) is 4.57 Å². The second kappa shape index (κ2) is 6.47. The van der Waals surface area contributed by atoms with Crippen LogP contribution in [-0.2, 0) is 16.6 Å². The van der Waals surface area contributed by atoms with Gasteiger partial charge in [0.1, 0.15) is 5.82 Å². The van der Waals surface area contributed by atoms with Crippen LogP contribution >= 0.6 is 11.3 Å². The number of aromatic nitrogens is 1. The molecule has 0 N–H and O–H groups in total. The summed E-state index contributed by atoms with van der Waals surface area (Å²) in [7, 11) is -3.96. The van der Waals surface area contributed by atoms with Crippen LogP contribution in [0.5, 0.6) is 0 Å². The molecule has 1 aromatic heterocycles. The van der Waals surface area contributed by atoms with Gasteiger partial charge in [-0.3, -0.25) is 0 Å². The van der Waals surface area contributed by atoms with Gasteiger partial charge in [-0.15, -0.1) is 10.8 Å². The SMILES string of the molecule is C#CCn1c(=NS(=O)(=O)c2ccc(F)cc2)sc2c(C)cc(C)cc21. The zero-order valence-corrected chi connectivity index (χ0v) is 15.3. The van der Waals surface area contributed by atoms with Gasteiger partial charge in [0.05, 0.1) is 21.7 Å². The smallest absolute Gasteiger partial charge is 0.285 e. The second-order valence-electron chi connectivity index (χ2n) is 5.63. The molecule has 0 spiro atoms. The van der Waals surface area contributed by atoms with E-state index in [1.165, 1.54) is 23.5 Å². The number of fused-ring (bicyclic) bond motifs is 1. The van der Waals surface area contributed by atoms with Crippen molar-refractivity contribution in [2.45, 2.75) is 25.3 Å². The van der Waals surface area contributed by atoms with Crippen LogP contribution < -0.4 is 4.80 Å². The summed E-state index contributed by atoms with van der Waals surface area (Å²) in [6.07, 6.45) is 5.45. The molecule has 0 fully saturated rings. The highest BCUT2D eigenvalue weighted by atomic mass is 32.2. The minimum Gasteiger partial charge on any atom is -0.304 e. The first-order valence-electron chi connectivity index (χ1n) is 7.42. The van der Waals surface area contributed by atoms with Gasteiger partial charge in [0.15, 0.2) is 0 Å². The molecule has 0 amide bonds. The van der Waals surface area contributed by atoms with Gasteiger partial charge in [-0.25, -0.2) is 4.39 Å². The van der Waals surface area contributed by atoms with Crippen molar-refractivity contribution < 1.29 is 12.8 Å². The Kier molecular flexibility index (Phi) is 4.50. The lowest BCUT2D eigenvalue weighted by Gasteiger charge is -2.03. The predicted octanol–water partition coefficient (Wildman–Crippen LogP) is 3.38. The minimum atomic E-state index is -3.96. The molecular formula is C18H15FN2O2S2. The lowest BCUT2D eigenvalue weighted by Crippen LogP contribution is -2.16. The van der Waals surface area contributed by atoms with Crippen molar-refractivity contribution in [3.8, 4) is 12.3 Å². The molecule has 0 aliphatic carbocycles. The summed E-state index contributed by atoms with van der Waals surface area (Å²) in [5.41, 5.74) is 2.95. The van der Waals surface area contributed by atoms with Crippen LogP contribution in [0.1, 0.15) is 11.1 Å². The molecule has 0 radical (unpaired) electrons. The van der Waals surface area contributed by atoms with Crippen LogP contribution in [-0.4, -0.2) is 13.0 Å². The van der Waals surface area contributed by atoms with E-state index in [4.69, 9.17) is 6.42 Å². The Morgan fingerprint density at radius 1 is 1.24 bits per heavy atom. The van der Waals surface area contributed by atoms with Crippen molar-refractivity contribution in [1.29, 1.82) is 0 Å². The number of rotatable bonds is 3. The maximum absolute atomic E-state index is 13.0. The zero-order chi connectivity index (χ0) is 18.2. The number of hydrogen-bond acceptors (Lipinski definition) is 3. The number of hydrogen-bond donors (Lipinski definition) is 0. The summed E-state index contributed by atoms with van der Waals surface area (Å²) < 4.78 is 44.7. The van der Waals surface area contributed by atoms with Gasteiger partial charge < -0.3 is 4.57 Å². The summed E-state index contributed by atoms with van der Waals surface area (Å²) in [6, 6.07) is 8.56. The van der Waals surface area contributed by atoms with E-state index in [9.17, 15) is 12.8 Å². The highest BCUT2D eigenvalue weighted by molar-refractivity contribution is 7.90. The fraction of sp³-hybridized carbons (Fsp3) is 0.167. The lowest BCUT2D eigenvalue weighted by atomic mass is 10.1. The Balaban J connectivity index is 2.29. The number of sulfonamides is 1. The monoisotopic (exact) mass is 374 g/mol. The van der Waals surface area contributed by atoms with Gasteiger partial charge >= 0.3 is 0 Å². The summed E-state index contributed by atoms with van der Waals surface area (Å²) in [4.78, 5) is 0.234. The fourth-order valence-electron chi connectivity index (χ4n) is 2.59. The molecule has 3 rings (SSSR count). The minimum absolute atomic E-state index is 0.0634. The molecule has 25 heavy (non-hydrogen) atoms. The van der Waals surface area contributed by atoms with Gasteiger partial charge in [0.2, 0.25) is 4.80 Å². The second-order valence-corrected chi connectivity index (χ2v) is 8.21. The van der Waals surface area contributed by atoms with E-state index in [2.05, 4.69) is 10.3 Å². The zero-order valence-electron chi connectivity index (χ0n) is 13.7. The van der Waals surface area contributed by atoms with Crippen LogP contribution in [0.2, 0.25) is 0 Å². The van der Waals surface area contributed by atoms with Crippen molar-refractivity contribution in [1.82, 2.24) is 4.57 Å². The maximum atomic E-state index is 13.0. The average molecular weight is 374 g/mol. The molecule has 2 aromatic carbocycles. The molecule has 7 heteroatoms. The third-order valence-corrected chi connectivity index (χ3v) is 6.30. The number of aryl methyl sites for hydroxylation is 2. The predicted molar refractivity (Wildman–Crippen MR) is 97.3 cm³/mol. The lowest BCUT2D eigenvalue weighted by molar-refractivity contribution is 0.594. The first-order valence-corrected chi connectivity index (χ1v) is 9.68. The quantitative estimate of drug-likeness (QED) is 0.660. The highest BCUT2D eigenvalue weighted by Crippen LogP contribution is 2.24. The molecule has 0 bridgehead atoms. The molecule has 4 nitrogen and oxygen atoms in total. The van der Waals surface area contributed by atoms with E-state index in [0.29, 0.717) is 4.80 Å². The van der Waals surface area contributed by atoms with Gasteiger partial charge in [-0.1, -0.05) is 23.3 Å². The summed E-state index contributed by atoms with van der Waals surface area (Å²) >= 11 is 1.27. The van der Waals surface area contributed by atoms with Crippen LogP contribution in [0.25, 0.3) is 10.2 Å². The van der Waals surface area contributed by atoms with Crippen molar-refractivity contribution in [2.75, 3.05) is 0 Å². The van der Waals surface area contributed by atoms with E-state index in [0.717, 1.165) is 33.5 Å². The van der Waals surface area contributed by atoms with Crippen molar-refractivity contribution in [3.63, 3.8) is 0 Å². The molecule has 1 heterocycles. The van der Waals surface area contributed by atoms with E-state index in [1.807, 2.05) is 26.0 Å². The third kappa shape index (κ3) is 3.36. The molecular weight excluding hydrogens is 359 g/mol. The van der Waals surface area contributed by atoms with Crippen molar-refractivity contribution >= 4 is 31.6 Å². The number of benzene rings is 2. The molecule has 0 aliphatic rings. The van der Waals surface area contributed by atoms with Crippen LogP contribution in [0.4, 0.5) is 4.39 Å². The van der Waals surface area contributed by atoms with Gasteiger partial charge in [0.25, 0.3) is 10.0 Å². The molecule has 0 unspecified atom stereocenters. The molecule has 0 saturated carbocycles. The molecule has 0 saturated heterocycles. The topological polar surface area (TPSA) is 51.4 Å². The maximum Gasteiger partial charge on any atom is 0.285 e. The Hall–Kier alpha value is -2.43. The average Bonchev–Trinajstić information content (AvgIpc) is 2.86. The molecule has 128 valence electrons. The largest absolute Gasteiger partial charge is 0.304 e. The van der Waals surface area contributed by atoms with Crippen LogP contribution in [0.3, 0.4) is 0 Å². The van der Waals surface area contributed by atoms with E-state index < -0.39 is 15.8 Å². The van der Waals surface area contributed by atoms with Gasteiger partial charge in [-0.2, -0.15) is 8.42 Å². The third-order valence-electron chi connectivity index (χ3n) is 3.67. The molecule has 0 aliphatic heterocycles. The fourth-order valence-corrected chi connectivity index (χ4v) is 4.87. The van der Waals surface area contributed by atoms with Gasteiger partial charge in [-0.05, 0) is 55.3 Å². The molecule has 0 atom stereocenters. The van der Waals surface area contributed by atoms with Crippen molar-refractivity contribution in [2.24, 2.45) is 4.40 Å². The first kappa shape index (κ1) is 17.4. The summed E-state index contributed by atoms with van der Waals surface area (Å²) in [5.74, 6) is 2.03. The number of halogens is 1.